The molecule has 2 amide bonds. The summed E-state index contributed by atoms with van der Waals surface area (Å²) < 4.78 is 31.2. The molecule has 1 aromatic heterocycles. The van der Waals surface area contributed by atoms with Crippen molar-refractivity contribution in [2.75, 3.05) is 24.4 Å². The van der Waals surface area contributed by atoms with E-state index >= 15 is 0 Å². The Bertz CT molecular complexity index is 1160. The van der Waals surface area contributed by atoms with E-state index in [4.69, 9.17) is 11.6 Å². The molecule has 0 saturated heterocycles. The van der Waals surface area contributed by atoms with Gasteiger partial charge in [0.05, 0.1) is 23.3 Å². The molecule has 11 heteroatoms. The van der Waals surface area contributed by atoms with Crippen molar-refractivity contribution in [2.45, 2.75) is 0 Å². The third kappa shape index (κ3) is 4.69. The average Bonchev–Trinajstić information content (AvgIpc) is 3.23. The standard InChI is InChI=1S/C20H15ClF2N4O4/c1-27(11-5-3-10(4-6-11)20(30)31-2)19(29)16-9-17(26-25-16)24-18(28)12-7-14(22)15(23)8-13(12)21/h3-9H,1-2H3,(H2,24,25,26,28). The molecule has 0 unspecified atom stereocenters. The highest BCUT2D eigenvalue weighted by atomic mass is 35.5. The number of ether oxygens (including phenoxy) is 1. The SMILES string of the molecule is COC(=O)c1ccc(N(C)C(=O)c2cc(NC(=O)c3cc(F)c(F)cc3Cl)n[nH]2)cc1. The fraction of sp³-hybridized carbons (Fsp3) is 0.100. The first kappa shape index (κ1) is 21.9. The largest absolute Gasteiger partial charge is 0.465 e. The fourth-order valence-electron chi connectivity index (χ4n) is 2.61. The van der Waals surface area contributed by atoms with Gasteiger partial charge in [-0.25, -0.2) is 13.6 Å². The number of carbonyl (C=O) groups is 3. The van der Waals surface area contributed by atoms with Crippen molar-refractivity contribution in [3.63, 3.8) is 0 Å². The number of amides is 2. The van der Waals surface area contributed by atoms with Crippen LogP contribution in [0, 0.1) is 11.6 Å². The minimum atomic E-state index is -1.23. The molecule has 0 aliphatic heterocycles. The summed E-state index contributed by atoms with van der Waals surface area (Å²) in [4.78, 5) is 37.7. The minimum absolute atomic E-state index is 0.0245. The van der Waals surface area contributed by atoms with Crippen LogP contribution in [0.5, 0.6) is 0 Å². The van der Waals surface area contributed by atoms with Crippen molar-refractivity contribution in [1.82, 2.24) is 10.2 Å². The summed E-state index contributed by atoms with van der Waals surface area (Å²) in [5.74, 6) is -4.26. The van der Waals surface area contributed by atoms with Gasteiger partial charge < -0.3 is 15.0 Å². The van der Waals surface area contributed by atoms with E-state index in [0.717, 1.165) is 0 Å². The van der Waals surface area contributed by atoms with E-state index in [1.165, 1.54) is 37.3 Å². The van der Waals surface area contributed by atoms with Gasteiger partial charge in [-0.1, -0.05) is 11.6 Å². The number of methoxy groups -OCH3 is 1. The number of hydrogen-bond acceptors (Lipinski definition) is 5. The zero-order chi connectivity index (χ0) is 22.7. The number of H-pyrrole nitrogens is 1. The number of benzene rings is 2. The Morgan fingerprint density at radius 2 is 1.74 bits per heavy atom. The van der Waals surface area contributed by atoms with Gasteiger partial charge in [-0.2, -0.15) is 5.10 Å². The molecule has 0 saturated carbocycles. The maximum Gasteiger partial charge on any atom is 0.337 e. The molecule has 0 spiro atoms. The van der Waals surface area contributed by atoms with Crippen molar-refractivity contribution in [2.24, 2.45) is 0 Å². The first-order chi connectivity index (χ1) is 14.7. The molecule has 2 aromatic carbocycles. The molecule has 3 aromatic rings. The quantitative estimate of drug-likeness (QED) is 0.458. The van der Waals surface area contributed by atoms with Gasteiger partial charge in [-0.05, 0) is 36.4 Å². The monoisotopic (exact) mass is 448 g/mol. The summed E-state index contributed by atoms with van der Waals surface area (Å²) in [6, 6.07) is 8.77. The molecule has 8 nitrogen and oxygen atoms in total. The highest BCUT2D eigenvalue weighted by Gasteiger charge is 2.20. The van der Waals surface area contributed by atoms with Crippen LogP contribution >= 0.6 is 11.6 Å². The zero-order valence-electron chi connectivity index (χ0n) is 16.2. The van der Waals surface area contributed by atoms with E-state index in [0.29, 0.717) is 23.4 Å². The van der Waals surface area contributed by atoms with Gasteiger partial charge in [-0.15, -0.1) is 0 Å². The number of aromatic nitrogens is 2. The summed E-state index contributed by atoms with van der Waals surface area (Å²) in [5, 5.41) is 8.38. The molecule has 2 N–H and O–H groups in total. The summed E-state index contributed by atoms with van der Waals surface area (Å²) >= 11 is 5.78. The molecule has 0 fully saturated rings. The topological polar surface area (TPSA) is 104 Å². The Morgan fingerprint density at radius 3 is 2.39 bits per heavy atom. The van der Waals surface area contributed by atoms with Gasteiger partial charge in [0, 0.05) is 18.8 Å². The molecule has 31 heavy (non-hydrogen) atoms. The molecule has 0 radical (unpaired) electrons. The summed E-state index contributed by atoms with van der Waals surface area (Å²) in [5.41, 5.74) is 0.575. The smallest absolute Gasteiger partial charge is 0.337 e. The lowest BCUT2D eigenvalue weighted by atomic mass is 10.2. The molecule has 1 heterocycles. The van der Waals surface area contributed by atoms with Crippen molar-refractivity contribution >= 4 is 40.9 Å². The van der Waals surface area contributed by atoms with Gasteiger partial charge in [0.2, 0.25) is 0 Å². The Balaban J connectivity index is 1.72. The molecule has 0 aliphatic rings. The molecule has 160 valence electrons. The van der Waals surface area contributed by atoms with E-state index in [1.807, 2.05) is 0 Å². The summed E-state index contributed by atoms with van der Waals surface area (Å²) in [7, 11) is 2.77. The van der Waals surface area contributed by atoms with Gasteiger partial charge in [-0.3, -0.25) is 14.7 Å². The van der Waals surface area contributed by atoms with E-state index in [9.17, 15) is 23.2 Å². The highest BCUT2D eigenvalue weighted by molar-refractivity contribution is 6.34. The third-order valence-corrected chi connectivity index (χ3v) is 4.60. The van der Waals surface area contributed by atoms with E-state index in [2.05, 4.69) is 20.3 Å². The van der Waals surface area contributed by atoms with E-state index in [-0.39, 0.29) is 22.1 Å². The summed E-state index contributed by atoms with van der Waals surface area (Å²) in [6.45, 7) is 0. The second-order valence-corrected chi connectivity index (χ2v) is 6.68. The predicted molar refractivity (Wildman–Crippen MR) is 108 cm³/mol. The number of carbonyl (C=O) groups excluding carboxylic acids is 3. The van der Waals surface area contributed by atoms with Crippen LogP contribution in [0.3, 0.4) is 0 Å². The molecule has 0 aliphatic carbocycles. The Hall–Kier alpha value is -3.79. The zero-order valence-corrected chi connectivity index (χ0v) is 17.0. The number of halogens is 3. The van der Waals surface area contributed by atoms with Crippen molar-refractivity contribution in [3.05, 3.63) is 75.9 Å². The van der Waals surface area contributed by atoms with Crippen LogP contribution in [0.2, 0.25) is 5.02 Å². The maximum absolute atomic E-state index is 13.4. The van der Waals surface area contributed by atoms with Crippen molar-refractivity contribution in [1.29, 1.82) is 0 Å². The molecule has 0 atom stereocenters. The number of hydrogen-bond donors (Lipinski definition) is 2. The number of rotatable bonds is 5. The van der Waals surface area contributed by atoms with E-state index in [1.54, 1.807) is 12.1 Å². The van der Waals surface area contributed by atoms with Crippen LogP contribution in [0.15, 0.2) is 42.5 Å². The minimum Gasteiger partial charge on any atom is -0.465 e. The Kier molecular flexibility index (Phi) is 6.30. The first-order valence-electron chi connectivity index (χ1n) is 8.69. The van der Waals surface area contributed by atoms with Crippen LogP contribution in [-0.2, 0) is 4.74 Å². The highest BCUT2D eigenvalue weighted by Crippen LogP contribution is 2.22. The molecule has 3 rings (SSSR count). The molecule has 0 bridgehead atoms. The molecular formula is C20H15ClF2N4O4. The van der Waals surface area contributed by atoms with Crippen molar-refractivity contribution in [3.8, 4) is 0 Å². The van der Waals surface area contributed by atoms with Crippen LogP contribution in [0.25, 0.3) is 0 Å². The number of nitrogens with one attached hydrogen (secondary N) is 2. The van der Waals surface area contributed by atoms with Gasteiger partial charge in [0.25, 0.3) is 11.8 Å². The second kappa shape index (κ2) is 8.92. The lowest BCUT2D eigenvalue weighted by molar-refractivity contribution is 0.0600. The van der Waals surface area contributed by atoms with Gasteiger partial charge >= 0.3 is 5.97 Å². The Labute approximate surface area is 179 Å². The normalized spacial score (nSPS) is 10.5. The molecular weight excluding hydrogens is 434 g/mol. The van der Waals surface area contributed by atoms with Crippen molar-refractivity contribution < 1.29 is 27.9 Å². The van der Waals surface area contributed by atoms with Crippen LogP contribution in [0.1, 0.15) is 31.2 Å². The predicted octanol–water partition coefficient (Wildman–Crippen LogP) is 3.66. The van der Waals surface area contributed by atoms with Crippen LogP contribution in [-0.4, -0.2) is 42.1 Å². The van der Waals surface area contributed by atoms with E-state index < -0.39 is 29.4 Å². The average molecular weight is 449 g/mol. The fourth-order valence-corrected chi connectivity index (χ4v) is 2.85. The Morgan fingerprint density at radius 1 is 1.10 bits per heavy atom. The lowest BCUT2D eigenvalue weighted by Crippen LogP contribution is -2.26. The van der Waals surface area contributed by atoms with Gasteiger partial charge in [0.15, 0.2) is 17.5 Å². The number of esters is 1. The third-order valence-electron chi connectivity index (χ3n) is 4.28. The number of anilines is 2. The maximum atomic E-state index is 13.4. The van der Waals surface area contributed by atoms with Crippen LogP contribution in [0.4, 0.5) is 20.3 Å². The lowest BCUT2D eigenvalue weighted by Gasteiger charge is -2.16. The number of aromatic amines is 1. The summed E-state index contributed by atoms with van der Waals surface area (Å²) in [6.07, 6.45) is 0. The number of nitrogens with zero attached hydrogens (tertiary/aromatic N) is 2. The van der Waals surface area contributed by atoms with Gasteiger partial charge in [0.1, 0.15) is 5.69 Å². The van der Waals surface area contributed by atoms with Crippen LogP contribution < -0.4 is 10.2 Å². The second-order valence-electron chi connectivity index (χ2n) is 6.27. The first-order valence-corrected chi connectivity index (χ1v) is 9.06.